The van der Waals surface area contributed by atoms with Gasteiger partial charge >= 0.3 is 0 Å². The Hall–Kier alpha value is -3.43. The molecule has 0 saturated carbocycles. The van der Waals surface area contributed by atoms with Crippen molar-refractivity contribution in [2.24, 2.45) is 0 Å². The third-order valence-electron chi connectivity index (χ3n) is 6.99. The zero-order valence-corrected chi connectivity index (χ0v) is 25.9. The average molecular weight is 616 g/mol. The van der Waals surface area contributed by atoms with Crippen LogP contribution in [0.2, 0.25) is 5.02 Å². The van der Waals surface area contributed by atoms with E-state index in [0.717, 1.165) is 30.2 Å². The van der Waals surface area contributed by atoms with E-state index in [1.54, 1.807) is 43.3 Å². The van der Waals surface area contributed by atoms with Crippen molar-refractivity contribution < 1.29 is 22.4 Å². The first-order valence-corrected chi connectivity index (χ1v) is 16.3. The van der Waals surface area contributed by atoms with Crippen LogP contribution in [0, 0.1) is 12.7 Å². The molecule has 0 saturated heterocycles. The Kier molecular flexibility index (Phi) is 12.4. The van der Waals surface area contributed by atoms with Gasteiger partial charge in [0.1, 0.15) is 11.9 Å². The second-order valence-electron chi connectivity index (χ2n) is 10.3. The molecule has 0 spiro atoms. The normalized spacial score (nSPS) is 12.0. The summed E-state index contributed by atoms with van der Waals surface area (Å²) in [5.74, 6) is -1.16. The Morgan fingerprint density at radius 2 is 1.69 bits per heavy atom. The van der Waals surface area contributed by atoms with Crippen molar-refractivity contribution in [2.75, 3.05) is 23.7 Å². The molecule has 10 heteroatoms. The minimum absolute atomic E-state index is 0.0331. The number of sulfonamides is 1. The minimum atomic E-state index is -3.68. The fourth-order valence-corrected chi connectivity index (χ4v) is 5.89. The van der Waals surface area contributed by atoms with Gasteiger partial charge in [-0.05, 0) is 49.1 Å². The molecule has 0 fully saturated rings. The number of hydrogen-bond acceptors (Lipinski definition) is 4. The summed E-state index contributed by atoms with van der Waals surface area (Å²) in [5.41, 5.74) is 2.32. The van der Waals surface area contributed by atoms with Gasteiger partial charge in [0, 0.05) is 43.1 Å². The van der Waals surface area contributed by atoms with Crippen LogP contribution in [0.4, 0.5) is 10.1 Å². The number of nitrogens with zero attached hydrogens (tertiary/aromatic N) is 2. The summed E-state index contributed by atoms with van der Waals surface area (Å²) in [6.07, 6.45) is 3.17. The first-order valence-electron chi connectivity index (χ1n) is 14.1. The third kappa shape index (κ3) is 9.56. The van der Waals surface area contributed by atoms with Crippen molar-refractivity contribution in [3.63, 3.8) is 0 Å². The highest BCUT2D eigenvalue weighted by Gasteiger charge is 2.31. The maximum absolute atomic E-state index is 14.8. The van der Waals surface area contributed by atoms with Gasteiger partial charge in [-0.15, -0.1) is 0 Å². The van der Waals surface area contributed by atoms with Gasteiger partial charge in [-0.2, -0.15) is 0 Å². The summed E-state index contributed by atoms with van der Waals surface area (Å²) in [5, 5.41) is 3.34. The molecule has 3 aromatic carbocycles. The first kappa shape index (κ1) is 33.1. The van der Waals surface area contributed by atoms with Crippen LogP contribution in [0.5, 0.6) is 0 Å². The van der Waals surface area contributed by atoms with E-state index in [1.165, 1.54) is 15.3 Å². The third-order valence-corrected chi connectivity index (χ3v) is 8.41. The van der Waals surface area contributed by atoms with Crippen LogP contribution in [0.3, 0.4) is 0 Å². The molecular weight excluding hydrogens is 577 g/mol. The van der Waals surface area contributed by atoms with Gasteiger partial charge in [0.2, 0.25) is 21.8 Å². The smallest absolute Gasteiger partial charge is 0.243 e. The molecule has 1 N–H and O–H groups in total. The Morgan fingerprint density at radius 3 is 2.36 bits per heavy atom. The molecule has 0 aliphatic carbocycles. The quantitative estimate of drug-likeness (QED) is 0.216. The second kappa shape index (κ2) is 15.7. The van der Waals surface area contributed by atoms with Crippen molar-refractivity contribution in [3.8, 4) is 0 Å². The SMILES string of the molecule is CCCCNC(=O)[C@H](Cc1ccccc1)N(Cc1ccccc1F)C(=O)CCCN(c1cc(Cl)ccc1C)S(C)(=O)=O. The Bertz CT molecular complexity index is 1450. The molecule has 0 radical (unpaired) electrons. The maximum Gasteiger partial charge on any atom is 0.243 e. The summed E-state index contributed by atoms with van der Waals surface area (Å²) in [7, 11) is -3.68. The van der Waals surface area contributed by atoms with E-state index in [-0.39, 0.29) is 49.7 Å². The molecule has 0 unspecified atom stereocenters. The fraction of sp³-hybridized carbons (Fsp3) is 0.375. The zero-order valence-electron chi connectivity index (χ0n) is 24.4. The molecule has 0 aliphatic heterocycles. The molecular formula is C32H39ClFN3O4S. The number of rotatable bonds is 15. The van der Waals surface area contributed by atoms with Gasteiger partial charge in [0.25, 0.3) is 0 Å². The molecule has 1 atom stereocenters. The summed E-state index contributed by atoms with van der Waals surface area (Å²) in [4.78, 5) is 28.8. The lowest BCUT2D eigenvalue weighted by Crippen LogP contribution is -2.50. The summed E-state index contributed by atoms with van der Waals surface area (Å²) in [6, 6.07) is 19.7. The van der Waals surface area contributed by atoms with Crippen LogP contribution in [0.25, 0.3) is 0 Å². The van der Waals surface area contributed by atoms with Gasteiger partial charge in [-0.1, -0.05) is 79.5 Å². The van der Waals surface area contributed by atoms with Crippen molar-refractivity contribution in [3.05, 3.63) is 100 Å². The number of halogens is 2. The fourth-order valence-electron chi connectivity index (χ4n) is 4.70. The van der Waals surface area contributed by atoms with Crippen molar-refractivity contribution in [1.82, 2.24) is 10.2 Å². The number of hydrogen-bond donors (Lipinski definition) is 1. The lowest BCUT2D eigenvalue weighted by Gasteiger charge is -2.32. The topological polar surface area (TPSA) is 86.8 Å². The Balaban J connectivity index is 1.90. The van der Waals surface area contributed by atoms with E-state index in [2.05, 4.69) is 5.32 Å². The maximum atomic E-state index is 14.8. The average Bonchev–Trinajstić information content (AvgIpc) is 2.95. The van der Waals surface area contributed by atoms with Crippen LogP contribution in [0.1, 0.15) is 49.3 Å². The summed E-state index contributed by atoms with van der Waals surface area (Å²) < 4.78 is 41.4. The highest BCUT2D eigenvalue weighted by molar-refractivity contribution is 7.92. The number of carbonyl (C=O) groups excluding carboxylic acids is 2. The number of nitrogens with one attached hydrogen (secondary N) is 1. The monoisotopic (exact) mass is 615 g/mol. The molecule has 3 aromatic rings. The predicted molar refractivity (Wildman–Crippen MR) is 166 cm³/mol. The van der Waals surface area contributed by atoms with Crippen molar-refractivity contribution in [2.45, 2.75) is 58.5 Å². The molecule has 0 heterocycles. The largest absolute Gasteiger partial charge is 0.354 e. The molecule has 3 rings (SSSR count). The number of aryl methyl sites for hydroxylation is 1. The molecule has 7 nitrogen and oxygen atoms in total. The standard InChI is InChI=1S/C32H39ClFN3O4S/c1-4-5-19-35-32(39)30(21-25-12-7-6-8-13-25)36(23-26-14-9-10-15-28(26)34)31(38)16-11-20-37(42(3,40)41)29-22-27(33)18-17-24(29)2/h6-10,12-15,17-18,22,30H,4-5,11,16,19-21,23H2,1-3H3,(H,35,39)/t30-/m0/s1. The van der Waals surface area contributed by atoms with E-state index in [0.29, 0.717) is 17.3 Å². The van der Waals surface area contributed by atoms with Crippen LogP contribution >= 0.6 is 11.6 Å². The molecule has 42 heavy (non-hydrogen) atoms. The Labute approximate surface area is 253 Å². The van der Waals surface area contributed by atoms with E-state index in [1.807, 2.05) is 37.3 Å². The van der Waals surface area contributed by atoms with E-state index in [4.69, 9.17) is 11.6 Å². The zero-order chi connectivity index (χ0) is 30.7. The van der Waals surface area contributed by atoms with Gasteiger partial charge in [-0.3, -0.25) is 13.9 Å². The summed E-state index contributed by atoms with van der Waals surface area (Å²) in [6.45, 7) is 4.20. The Morgan fingerprint density at radius 1 is 1.00 bits per heavy atom. The van der Waals surface area contributed by atoms with Gasteiger partial charge < -0.3 is 10.2 Å². The van der Waals surface area contributed by atoms with Crippen LogP contribution in [-0.2, 0) is 32.6 Å². The molecule has 226 valence electrons. The van der Waals surface area contributed by atoms with E-state index < -0.39 is 21.9 Å². The number of amides is 2. The second-order valence-corrected chi connectivity index (χ2v) is 12.7. The minimum Gasteiger partial charge on any atom is -0.354 e. The van der Waals surface area contributed by atoms with E-state index in [9.17, 15) is 22.4 Å². The van der Waals surface area contributed by atoms with Crippen molar-refractivity contribution in [1.29, 1.82) is 0 Å². The van der Waals surface area contributed by atoms with Crippen LogP contribution in [0.15, 0.2) is 72.8 Å². The highest BCUT2D eigenvalue weighted by atomic mass is 35.5. The van der Waals surface area contributed by atoms with Crippen LogP contribution < -0.4 is 9.62 Å². The number of anilines is 1. The van der Waals surface area contributed by atoms with Gasteiger partial charge in [0.15, 0.2) is 0 Å². The van der Waals surface area contributed by atoms with Gasteiger partial charge in [0.05, 0.1) is 11.9 Å². The molecule has 0 aliphatic rings. The van der Waals surface area contributed by atoms with Crippen LogP contribution in [-0.4, -0.2) is 50.5 Å². The first-order chi connectivity index (χ1) is 20.0. The molecule has 2 amide bonds. The highest BCUT2D eigenvalue weighted by Crippen LogP contribution is 2.27. The molecule has 0 bridgehead atoms. The number of carbonyl (C=O) groups is 2. The molecule has 0 aromatic heterocycles. The predicted octanol–water partition coefficient (Wildman–Crippen LogP) is 5.89. The lowest BCUT2D eigenvalue weighted by molar-refractivity contribution is -0.141. The lowest BCUT2D eigenvalue weighted by atomic mass is 10.0. The number of unbranched alkanes of at least 4 members (excludes halogenated alkanes) is 1. The number of benzene rings is 3. The summed E-state index contributed by atoms with van der Waals surface area (Å²) >= 11 is 6.15. The van der Waals surface area contributed by atoms with E-state index >= 15 is 0 Å². The van der Waals surface area contributed by atoms with Crippen molar-refractivity contribution >= 4 is 39.1 Å². The van der Waals surface area contributed by atoms with Gasteiger partial charge in [-0.25, -0.2) is 12.8 Å².